The van der Waals surface area contributed by atoms with Crippen molar-refractivity contribution >= 4 is 0 Å². The quantitative estimate of drug-likeness (QED) is 0.609. The molecule has 0 saturated heterocycles. The van der Waals surface area contributed by atoms with Crippen LogP contribution in [0, 0.1) is 6.92 Å². The van der Waals surface area contributed by atoms with Crippen molar-refractivity contribution in [1.29, 1.82) is 0 Å². The highest BCUT2D eigenvalue weighted by molar-refractivity contribution is 5.27. The molecule has 0 atom stereocenters. The molecule has 1 aliphatic carbocycles. The van der Waals surface area contributed by atoms with Crippen LogP contribution in [0.2, 0.25) is 0 Å². The zero-order valence-electron chi connectivity index (χ0n) is 13.4. The lowest BCUT2D eigenvalue weighted by atomic mass is 9.95. The van der Waals surface area contributed by atoms with Crippen molar-refractivity contribution < 1.29 is 0 Å². The first-order chi connectivity index (χ1) is 10.8. The number of hydrogen-bond acceptors (Lipinski definition) is 3. The average Bonchev–Trinajstić information content (AvgIpc) is 3.08. The number of fused-ring (bicyclic) bond motifs is 1. The maximum absolute atomic E-state index is 4.50. The first-order valence-electron chi connectivity index (χ1n) is 8.17. The van der Waals surface area contributed by atoms with Gasteiger partial charge in [-0.2, -0.15) is 10.2 Å². The summed E-state index contributed by atoms with van der Waals surface area (Å²) in [6.45, 7) is 8.37. The minimum atomic E-state index is 0.764. The third-order valence-electron chi connectivity index (χ3n) is 4.36. The second-order valence-electron chi connectivity index (χ2n) is 6.01. The molecule has 0 saturated carbocycles. The van der Waals surface area contributed by atoms with E-state index in [1.54, 1.807) is 0 Å². The fourth-order valence-electron chi connectivity index (χ4n) is 3.14. The Morgan fingerprint density at radius 1 is 1.41 bits per heavy atom. The van der Waals surface area contributed by atoms with Gasteiger partial charge in [0.15, 0.2) is 0 Å². The van der Waals surface area contributed by atoms with E-state index in [0.717, 1.165) is 38.2 Å². The summed E-state index contributed by atoms with van der Waals surface area (Å²) in [6.07, 6.45) is 9.90. The molecule has 3 rings (SSSR count). The number of aryl methyl sites for hydroxylation is 2. The van der Waals surface area contributed by atoms with E-state index < -0.39 is 0 Å². The molecular weight excluding hydrogens is 274 g/mol. The Bertz CT molecular complexity index is 638. The Morgan fingerprint density at radius 3 is 3.14 bits per heavy atom. The zero-order valence-corrected chi connectivity index (χ0v) is 13.4. The third kappa shape index (κ3) is 3.30. The largest absolute Gasteiger partial charge is 0.312 e. The number of aromatic nitrogens is 4. The van der Waals surface area contributed by atoms with Crippen LogP contribution in [0.1, 0.15) is 41.1 Å². The maximum Gasteiger partial charge on any atom is 0.0669 e. The number of allylic oxidation sites excluding steroid dienone is 1. The lowest BCUT2D eigenvalue weighted by Crippen LogP contribution is -2.18. The van der Waals surface area contributed by atoms with E-state index in [1.165, 1.54) is 41.8 Å². The fraction of sp³-hybridized carbons (Fsp3) is 0.529. The minimum absolute atomic E-state index is 0.764. The second-order valence-corrected chi connectivity index (χ2v) is 6.01. The van der Waals surface area contributed by atoms with Crippen LogP contribution in [0.3, 0.4) is 0 Å². The molecule has 0 aromatic carbocycles. The van der Waals surface area contributed by atoms with Gasteiger partial charge in [-0.1, -0.05) is 6.08 Å². The van der Waals surface area contributed by atoms with Crippen LogP contribution in [0.5, 0.6) is 0 Å². The smallest absolute Gasteiger partial charge is 0.0669 e. The number of rotatable bonds is 7. The van der Waals surface area contributed by atoms with Gasteiger partial charge in [0.1, 0.15) is 0 Å². The fourth-order valence-corrected chi connectivity index (χ4v) is 3.14. The first-order valence-corrected chi connectivity index (χ1v) is 8.17. The third-order valence-corrected chi connectivity index (χ3v) is 4.36. The summed E-state index contributed by atoms with van der Waals surface area (Å²) in [5, 5.41) is 15.7. The lowest BCUT2D eigenvalue weighted by Gasteiger charge is -2.11. The van der Waals surface area contributed by atoms with Crippen molar-refractivity contribution in [1.82, 2.24) is 25.3 Å². The monoisotopic (exact) mass is 299 g/mol. The van der Waals surface area contributed by atoms with Gasteiger partial charge in [-0.3, -0.25) is 9.78 Å². The molecule has 0 spiro atoms. The standard InChI is InChI=1S/C17H25N5/c1-3-10-22-12-14(13(2)21-22)11-18-9-8-17-15-6-4-5-7-16(15)19-20-17/h3,12,18H,1,4-11H2,2H3,(H,19,20). The minimum Gasteiger partial charge on any atom is -0.312 e. The van der Waals surface area contributed by atoms with E-state index in [-0.39, 0.29) is 0 Å². The number of hydrogen-bond donors (Lipinski definition) is 2. The number of nitrogens with one attached hydrogen (secondary N) is 2. The van der Waals surface area contributed by atoms with Crippen LogP contribution in [-0.4, -0.2) is 26.5 Å². The van der Waals surface area contributed by atoms with E-state index in [4.69, 9.17) is 0 Å². The molecule has 0 amide bonds. The molecule has 0 unspecified atom stereocenters. The average molecular weight is 299 g/mol. The Balaban J connectivity index is 1.49. The van der Waals surface area contributed by atoms with E-state index in [0.29, 0.717) is 0 Å². The normalized spacial score (nSPS) is 14.0. The second kappa shape index (κ2) is 6.92. The maximum atomic E-state index is 4.50. The summed E-state index contributed by atoms with van der Waals surface area (Å²) in [5.41, 5.74) is 6.43. The highest BCUT2D eigenvalue weighted by Crippen LogP contribution is 2.22. The van der Waals surface area contributed by atoms with Gasteiger partial charge in [-0.05, 0) is 38.2 Å². The highest BCUT2D eigenvalue weighted by Gasteiger charge is 2.16. The predicted octanol–water partition coefficient (Wildman–Crippen LogP) is 2.31. The summed E-state index contributed by atoms with van der Waals surface area (Å²) in [5.74, 6) is 0. The highest BCUT2D eigenvalue weighted by atomic mass is 15.3. The van der Waals surface area contributed by atoms with E-state index in [1.807, 2.05) is 10.8 Å². The van der Waals surface area contributed by atoms with E-state index >= 15 is 0 Å². The van der Waals surface area contributed by atoms with Crippen LogP contribution >= 0.6 is 0 Å². The SMILES string of the molecule is C=CCn1cc(CNCCc2n[nH]c3c2CCCC3)c(C)n1. The van der Waals surface area contributed by atoms with Gasteiger partial charge in [0.25, 0.3) is 0 Å². The van der Waals surface area contributed by atoms with Gasteiger partial charge >= 0.3 is 0 Å². The van der Waals surface area contributed by atoms with Crippen molar-refractivity contribution in [3.05, 3.63) is 47.1 Å². The van der Waals surface area contributed by atoms with Crippen molar-refractivity contribution in [2.45, 2.75) is 52.1 Å². The summed E-state index contributed by atoms with van der Waals surface area (Å²) in [7, 11) is 0. The van der Waals surface area contributed by atoms with Crippen molar-refractivity contribution in [2.75, 3.05) is 6.54 Å². The summed E-state index contributed by atoms with van der Waals surface area (Å²) >= 11 is 0. The van der Waals surface area contributed by atoms with E-state index in [9.17, 15) is 0 Å². The van der Waals surface area contributed by atoms with Crippen LogP contribution in [0.15, 0.2) is 18.9 Å². The zero-order chi connectivity index (χ0) is 15.4. The Morgan fingerprint density at radius 2 is 2.27 bits per heavy atom. The number of nitrogens with zero attached hydrogens (tertiary/aromatic N) is 3. The van der Waals surface area contributed by atoms with Crippen molar-refractivity contribution in [3.63, 3.8) is 0 Å². The molecule has 22 heavy (non-hydrogen) atoms. The van der Waals surface area contributed by atoms with Gasteiger partial charge in [0.05, 0.1) is 17.9 Å². The van der Waals surface area contributed by atoms with Crippen LogP contribution < -0.4 is 5.32 Å². The molecule has 0 radical (unpaired) electrons. The number of aromatic amines is 1. The van der Waals surface area contributed by atoms with Crippen molar-refractivity contribution in [2.24, 2.45) is 0 Å². The molecule has 5 heteroatoms. The van der Waals surface area contributed by atoms with Crippen LogP contribution in [0.25, 0.3) is 0 Å². The molecule has 2 aromatic heterocycles. The van der Waals surface area contributed by atoms with Gasteiger partial charge in [0.2, 0.25) is 0 Å². The molecule has 2 aromatic rings. The Kier molecular flexibility index (Phi) is 4.73. The Labute approximate surface area is 131 Å². The summed E-state index contributed by atoms with van der Waals surface area (Å²) in [6, 6.07) is 0. The molecule has 0 bridgehead atoms. The van der Waals surface area contributed by atoms with Crippen LogP contribution in [-0.2, 0) is 32.4 Å². The van der Waals surface area contributed by atoms with Gasteiger partial charge in [0, 0.05) is 37.0 Å². The number of H-pyrrole nitrogens is 1. The van der Waals surface area contributed by atoms with Crippen molar-refractivity contribution in [3.8, 4) is 0 Å². The first kappa shape index (κ1) is 15.0. The Hall–Kier alpha value is -1.88. The molecular formula is C17H25N5. The molecule has 2 heterocycles. The van der Waals surface area contributed by atoms with Crippen LogP contribution in [0.4, 0.5) is 0 Å². The summed E-state index contributed by atoms with van der Waals surface area (Å²) in [4.78, 5) is 0. The van der Waals surface area contributed by atoms with E-state index in [2.05, 4.69) is 40.3 Å². The van der Waals surface area contributed by atoms with Gasteiger partial charge in [-0.15, -0.1) is 6.58 Å². The van der Waals surface area contributed by atoms with Gasteiger partial charge in [-0.25, -0.2) is 0 Å². The van der Waals surface area contributed by atoms with Gasteiger partial charge < -0.3 is 5.32 Å². The molecule has 0 aliphatic heterocycles. The molecule has 0 fully saturated rings. The summed E-state index contributed by atoms with van der Waals surface area (Å²) < 4.78 is 1.93. The molecule has 1 aliphatic rings. The molecule has 5 nitrogen and oxygen atoms in total. The lowest BCUT2D eigenvalue weighted by molar-refractivity contribution is 0.658. The topological polar surface area (TPSA) is 58.5 Å². The predicted molar refractivity (Wildman–Crippen MR) is 87.8 cm³/mol. The molecule has 2 N–H and O–H groups in total. The molecule has 118 valence electrons.